The van der Waals surface area contributed by atoms with E-state index in [-0.39, 0.29) is 6.61 Å². The summed E-state index contributed by atoms with van der Waals surface area (Å²) in [5, 5.41) is 0. The van der Waals surface area contributed by atoms with Crippen LogP contribution in [0.1, 0.15) is 22.8 Å². The molecule has 2 rings (SSSR count). The zero-order valence-electron chi connectivity index (χ0n) is 11.5. The quantitative estimate of drug-likeness (QED) is 0.627. The Kier molecular flexibility index (Phi) is 4.13. The molecule has 1 aliphatic rings. The molecule has 108 valence electrons. The Bertz CT molecular complexity index is 649. The highest BCUT2D eigenvalue weighted by molar-refractivity contribution is 7.92. The van der Waals surface area contributed by atoms with E-state index in [1.54, 1.807) is 30.4 Å². The summed E-state index contributed by atoms with van der Waals surface area (Å²) in [6.45, 7) is 2.51. The van der Waals surface area contributed by atoms with Crippen LogP contribution in [0.2, 0.25) is 0 Å². The summed E-state index contributed by atoms with van der Waals surface area (Å²) in [6, 6.07) is 4.97. The lowest BCUT2D eigenvalue weighted by Gasteiger charge is -2.16. The zero-order valence-corrected chi connectivity index (χ0v) is 12.3. The first kappa shape index (κ1) is 14.6. The minimum Gasteiger partial charge on any atom is -0.458 e. The highest BCUT2D eigenvalue weighted by atomic mass is 32.2. The van der Waals surface area contributed by atoms with Crippen molar-refractivity contribution >= 4 is 21.7 Å². The van der Waals surface area contributed by atoms with Gasteiger partial charge in [-0.3, -0.25) is 4.31 Å². The first-order chi connectivity index (χ1) is 9.43. The molecule has 20 heavy (non-hydrogen) atoms. The van der Waals surface area contributed by atoms with Crippen LogP contribution in [0.25, 0.3) is 0 Å². The van der Waals surface area contributed by atoms with Crippen LogP contribution in [0.4, 0.5) is 5.69 Å². The van der Waals surface area contributed by atoms with Gasteiger partial charge in [0.1, 0.15) is 6.61 Å². The summed E-state index contributed by atoms with van der Waals surface area (Å²) in [7, 11) is -3.26. The normalized spacial score (nSPS) is 14.6. The van der Waals surface area contributed by atoms with Gasteiger partial charge in [-0.25, -0.2) is 13.2 Å². The van der Waals surface area contributed by atoms with Gasteiger partial charge >= 0.3 is 5.97 Å². The Morgan fingerprint density at radius 1 is 1.45 bits per heavy atom. The topological polar surface area (TPSA) is 63.7 Å². The molecule has 0 aliphatic carbocycles. The minimum absolute atomic E-state index is 0.238. The predicted octanol–water partition coefficient (Wildman–Crippen LogP) is 1.74. The Morgan fingerprint density at radius 3 is 2.85 bits per heavy atom. The summed E-state index contributed by atoms with van der Waals surface area (Å²) in [5.41, 5.74) is 1.96. The monoisotopic (exact) mass is 295 g/mol. The lowest BCUT2D eigenvalue weighted by Crippen LogP contribution is -2.27. The van der Waals surface area contributed by atoms with Crippen molar-refractivity contribution in [2.24, 2.45) is 0 Å². The number of ether oxygens (including phenoxy) is 1. The molecule has 1 aliphatic heterocycles. The molecule has 0 fully saturated rings. The Balaban J connectivity index is 2.20. The van der Waals surface area contributed by atoms with E-state index < -0.39 is 16.0 Å². The highest BCUT2D eigenvalue weighted by Crippen LogP contribution is 2.30. The lowest BCUT2D eigenvalue weighted by atomic mass is 10.1. The van der Waals surface area contributed by atoms with E-state index in [2.05, 4.69) is 0 Å². The number of esters is 1. The van der Waals surface area contributed by atoms with Crippen LogP contribution in [0.5, 0.6) is 0 Å². The molecular formula is C14H17NO4S. The van der Waals surface area contributed by atoms with Crippen molar-refractivity contribution in [2.75, 3.05) is 23.7 Å². The average Bonchev–Trinajstić information content (AvgIpc) is 2.81. The summed E-state index contributed by atoms with van der Waals surface area (Å²) in [5.74, 6) is -0.399. The smallest absolute Gasteiger partial charge is 0.338 e. The Hall–Kier alpha value is -1.82. The molecule has 0 saturated carbocycles. The third-order valence-corrected chi connectivity index (χ3v) is 4.29. The summed E-state index contributed by atoms with van der Waals surface area (Å²) in [6.07, 6.45) is 5.34. The fourth-order valence-electron chi connectivity index (χ4n) is 2.15. The van der Waals surface area contributed by atoms with Crippen LogP contribution in [-0.4, -0.2) is 33.8 Å². The number of anilines is 1. The van der Waals surface area contributed by atoms with Gasteiger partial charge in [-0.05, 0) is 37.1 Å². The van der Waals surface area contributed by atoms with Gasteiger partial charge in [0.05, 0.1) is 17.5 Å². The largest absolute Gasteiger partial charge is 0.458 e. The zero-order chi connectivity index (χ0) is 14.8. The van der Waals surface area contributed by atoms with Crippen molar-refractivity contribution in [2.45, 2.75) is 13.3 Å². The van der Waals surface area contributed by atoms with E-state index in [0.717, 1.165) is 5.56 Å². The van der Waals surface area contributed by atoms with E-state index in [1.807, 2.05) is 6.92 Å². The van der Waals surface area contributed by atoms with Gasteiger partial charge in [0.25, 0.3) is 0 Å². The van der Waals surface area contributed by atoms with E-state index in [0.29, 0.717) is 24.2 Å². The number of carbonyl (C=O) groups is 1. The third-order valence-electron chi connectivity index (χ3n) is 3.11. The SMILES string of the molecule is C/C=C/COC(=O)c1ccc2c(c1)CCN2S(C)(=O)=O. The molecular weight excluding hydrogens is 278 g/mol. The molecule has 5 nitrogen and oxygen atoms in total. The van der Waals surface area contributed by atoms with Crippen LogP contribution in [-0.2, 0) is 21.2 Å². The molecule has 0 radical (unpaired) electrons. The summed E-state index contributed by atoms with van der Waals surface area (Å²) in [4.78, 5) is 11.8. The van der Waals surface area contributed by atoms with Gasteiger partial charge in [-0.1, -0.05) is 12.2 Å². The van der Waals surface area contributed by atoms with Crippen LogP contribution in [0.15, 0.2) is 30.4 Å². The first-order valence-corrected chi connectivity index (χ1v) is 8.17. The van der Waals surface area contributed by atoms with Gasteiger partial charge in [0, 0.05) is 6.54 Å². The van der Waals surface area contributed by atoms with E-state index in [4.69, 9.17) is 4.74 Å². The van der Waals surface area contributed by atoms with Gasteiger partial charge in [0.15, 0.2) is 0 Å². The Labute approximate surface area is 118 Å². The predicted molar refractivity (Wildman–Crippen MR) is 77.4 cm³/mol. The molecule has 1 aromatic rings. The first-order valence-electron chi connectivity index (χ1n) is 6.32. The molecule has 1 heterocycles. The molecule has 0 N–H and O–H groups in total. The molecule has 0 amide bonds. The van der Waals surface area contributed by atoms with Crippen molar-refractivity contribution in [1.82, 2.24) is 0 Å². The number of benzene rings is 1. The summed E-state index contributed by atoms with van der Waals surface area (Å²) >= 11 is 0. The second-order valence-electron chi connectivity index (χ2n) is 4.60. The molecule has 0 saturated heterocycles. The number of allylic oxidation sites excluding steroid dienone is 1. The maximum atomic E-state index is 11.8. The summed E-state index contributed by atoms with van der Waals surface area (Å²) < 4.78 is 29.7. The van der Waals surface area contributed by atoms with Crippen LogP contribution >= 0.6 is 0 Å². The van der Waals surface area contributed by atoms with E-state index >= 15 is 0 Å². The number of carbonyl (C=O) groups excluding carboxylic acids is 1. The number of hydrogen-bond acceptors (Lipinski definition) is 4. The second kappa shape index (κ2) is 5.66. The number of fused-ring (bicyclic) bond motifs is 1. The van der Waals surface area contributed by atoms with Crippen LogP contribution in [0, 0.1) is 0 Å². The fraction of sp³-hybridized carbons (Fsp3) is 0.357. The lowest BCUT2D eigenvalue weighted by molar-refractivity contribution is 0.0549. The molecule has 0 bridgehead atoms. The third kappa shape index (κ3) is 3.01. The van der Waals surface area contributed by atoms with Crippen molar-refractivity contribution < 1.29 is 17.9 Å². The number of rotatable bonds is 4. The second-order valence-corrected chi connectivity index (χ2v) is 6.50. The van der Waals surface area contributed by atoms with Gasteiger partial charge < -0.3 is 4.74 Å². The van der Waals surface area contributed by atoms with Crippen LogP contribution in [0.3, 0.4) is 0 Å². The van der Waals surface area contributed by atoms with Gasteiger partial charge in [-0.15, -0.1) is 0 Å². The Morgan fingerprint density at radius 2 is 2.20 bits per heavy atom. The van der Waals surface area contributed by atoms with E-state index in [1.165, 1.54) is 10.6 Å². The highest BCUT2D eigenvalue weighted by Gasteiger charge is 2.26. The fourth-order valence-corrected chi connectivity index (χ4v) is 3.10. The van der Waals surface area contributed by atoms with Crippen molar-refractivity contribution in [3.8, 4) is 0 Å². The molecule has 1 aromatic carbocycles. The number of hydrogen-bond donors (Lipinski definition) is 0. The molecule has 0 atom stereocenters. The maximum Gasteiger partial charge on any atom is 0.338 e. The van der Waals surface area contributed by atoms with Gasteiger partial charge in [-0.2, -0.15) is 0 Å². The van der Waals surface area contributed by atoms with Crippen molar-refractivity contribution in [3.05, 3.63) is 41.5 Å². The van der Waals surface area contributed by atoms with Gasteiger partial charge in [0.2, 0.25) is 10.0 Å². The standard InChI is InChI=1S/C14H17NO4S/c1-3-4-9-19-14(16)12-5-6-13-11(10-12)7-8-15(13)20(2,17)18/h3-6,10H,7-9H2,1-2H3/b4-3+. The van der Waals surface area contributed by atoms with Crippen molar-refractivity contribution in [3.63, 3.8) is 0 Å². The van der Waals surface area contributed by atoms with E-state index in [9.17, 15) is 13.2 Å². The minimum atomic E-state index is -3.26. The van der Waals surface area contributed by atoms with Crippen molar-refractivity contribution in [1.29, 1.82) is 0 Å². The number of sulfonamides is 1. The maximum absolute atomic E-state index is 11.8. The van der Waals surface area contributed by atoms with Crippen LogP contribution < -0.4 is 4.31 Å². The average molecular weight is 295 g/mol. The molecule has 0 unspecified atom stereocenters. The molecule has 6 heteroatoms. The molecule has 0 spiro atoms. The number of nitrogens with zero attached hydrogens (tertiary/aromatic N) is 1. The molecule has 0 aromatic heterocycles.